The molecular formula is C13H18N6S. The van der Waals surface area contributed by atoms with Gasteiger partial charge >= 0.3 is 0 Å². The van der Waals surface area contributed by atoms with Gasteiger partial charge in [-0.2, -0.15) is 0 Å². The molecule has 0 aliphatic carbocycles. The van der Waals surface area contributed by atoms with Crippen molar-refractivity contribution >= 4 is 17.9 Å². The molecule has 0 unspecified atom stereocenters. The molecule has 3 rings (SSSR count). The summed E-state index contributed by atoms with van der Waals surface area (Å²) in [6.07, 6.45) is 0. The normalized spacial score (nSPS) is 16.6. The van der Waals surface area contributed by atoms with Crippen LogP contribution in [0, 0.1) is 4.77 Å². The van der Waals surface area contributed by atoms with E-state index in [0.29, 0.717) is 4.77 Å². The van der Waals surface area contributed by atoms with Gasteiger partial charge in [-0.25, -0.2) is 9.36 Å². The molecule has 0 bridgehead atoms. The summed E-state index contributed by atoms with van der Waals surface area (Å²) in [5.41, 5.74) is 1.29. The lowest BCUT2D eigenvalue weighted by Crippen LogP contribution is -2.47. The molecule has 1 aromatic carbocycles. The van der Waals surface area contributed by atoms with Crippen LogP contribution in [0.15, 0.2) is 30.3 Å². The first kappa shape index (κ1) is 13.3. The van der Waals surface area contributed by atoms with Crippen molar-refractivity contribution in [3.05, 3.63) is 35.1 Å². The van der Waals surface area contributed by atoms with Gasteiger partial charge < -0.3 is 4.90 Å². The molecule has 0 amide bonds. The van der Waals surface area contributed by atoms with Gasteiger partial charge in [0.05, 0.1) is 6.67 Å². The highest BCUT2D eigenvalue weighted by Crippen LogP contribution is 2.15. The van der Waals surface area contributed by atoms with Gasteiger partial charge in [0, 0.05) is 38.9 Å². The Labute approximate surface area is 123 Å². The third-order valence-corrected chi connectivity index (χ3v) is 4.08. The number of piperazine rings is 1. The maximum atomic E-state index is 5.26. The van der Waals surface area contributed by atoms with Crippen molar-refractivity contribution in [2.45, 2.75) is 6.67 Å². The summed E-state index contributed by atoms with van der Waals surface area (Å²) in [6.45, 7) is 4.78. The second-order valence-electron chi connectivity index (χ2n) is 4.97. The van der Waals surface area contributed by atoms with Crippen LogP contribution >= 0.6 is 12.2 Å². The monoisotopic (exact) mass is 290 g/mol. The minimum Gasteiger partial charge on any atom is -0.369 e. The van der Waals surface area contributed by atoms with Crippen LogP contribution in [0.25, 0.3) is 0 Å². The standard InChI is InChI=1S/C13H18N6S/c1-16-13(20)19(15-14-16)11-17-7-9-18(10-8-17)12-5-3-2-4-6-12/h2-6H,7-11H2,1H3. The van der Waals surface area contributed by atoms with E-state index in [2.05, 4.69) is 50.6 Å². The highest BCUT2D eigenvalue weighted by atomic mass is 32.1. The Balaban J connectivity index is 1.59. The van der Waals surface area contributed by atoms with Gasteiger partial charge in [-0.3, -0.25) is 4.90 Å². The molecule has 0 saturated carbocycles. The van der Waals surface area contributed by atoms with E-state index in [4.69, 9.17) is 12.2 Å². The fraction of sp³-hybridized carbons (Fsp3) is 0.462. The number of hydrogen-bond donors (Lipinski definition) is 0. The van der Waals surface area contributed by atoms with Crippen LogP contribution in [-0.4, -0.2) is 50.9 Å². The predicted molar refractivity (Wildman–Crippen MR) is 80.1 cm³/mol. The third-order valence-electron chi connectivity index (χ3n) is 3.61. The minimum atomic E-state index is 0.662. The van der Waals surface area contributed by atoms with E-state index in [-0.39, 0.29) is 0 Å². The molecule has 1 saturated heterocycles. The SMILES string of the molecule is Cn1nnn(CN2CCN(c3ccccc3)CC2)c1=S. The Morgan fingerprint density at radius 2 is 1.75 bits per heavy atom. The molecule has 6 nitrogen and oxygen atoms in total. The van der Waals surface area contributed by atoms with Crippen molar-refractivity contribution in [1.82, 2.24) is 24.7 Å². The molecule has 1 aliphatic heterocycles. The summed E-state index contributed by atoms with van der Waals surface area (Å²) >= 11 is 5.26. The van der Waals surface area contributed by atoms with E-state index >= 15 is 0 Å². The number of aryl methyl sites for hydroxylation is 1. The second-order valence-corrected chi connectivity index (χ2v) is 5.33. The number of rotatable bonds is 3. The maximum Gasteiger partial charge on any atom is 0.216 e. The molecule has 1 aliphatic rings. The van der Waals surface area contributed by atoms with Crippen LogP contribution in [-0.2, 0) is 13.7 Å². The summed E-state index contributed by atoms with van der Waals surface area (Å²) in [6, 6.07) is 10.5. The molecule has 0 atom stereocenters. The molecule has 0 radical (unpaired) electrons. The molecule has 106 valence electrons. The van der Waals surface area contributed by atoms with Crippen molar-refractivity contribution in [2.24, 2.45) is 7.05 Å². The maximum absolute atomic E-state index is 5.26. The summed E-state index contributed by atoms with van der Waals surface area (Å²) in [5.74, 6) is 0. The van der Waals surface area contributed by atoms with Crippen LogP contribution in [0.4, 0.5) is 5.69 Å². The van der Waals surface area contributed by atoms with Crippen molar-refractivity contribution in [1.29, 1.82) is 0 Å². The zero-order chi connectivity index (χ0) is 13.9. The average molecular weight is 290 g/mol. The van der Waals surface area contributed by atoms with E-state index in [0.717, 1.165) is 32.8 Å². The Morgan fingerprint density at radius 3 is 2.35 bits per heavy atom. The molecule has 20 heavy (non-hydrogen) atoms. The lowest BCUT2D eigenvalue weighted by molar-refractivity contribution is 0.193. The predicted octanol–water partition coefficient (Wildman–Crippen LogP) is 1.13. The average Bonchev–Trinajstić information content (AvgIpc) is 2.81. The number of para-hydroxylation sites is 1. The molecular weight excluding hydrogens is 272 g/mol. The molecule has 0 spiro atoms. The number of benzene rings is 1. The largest absolute Gasteiger partial charge is 0.369 e. The summed E-state index contributed by atoms with van der Waals surface area (Å²) in [5, 5.41) is 7.99. The van der Waals surface area contributed by atoms with Crippen LogP contribution in [0.1, 0.15) is 0 Å². The number of hydrogen-bond acceptors (Lipinski definition) is 5. The highest BCUT2D eigenvalue weighted by Gasteiger charge is 2.17. The minimum absolute atomic E-state index is 0.662. The highest BCUT2D eigenvalue weighted by molar-refractivity contribution is 7.71. The van der Waals surface area contributed by atoms with Gasteiger partial charge in [0.15, 0.2) is 0 Å². The van der Waals surface area contributed by atoms with Gasteiger partial charge in [0.1, 0.15) is 0 Å². The second kappa shape index (κ2) is 5.72. The van der Waals surface area contributed by atoms with E-state index in [1.807, 2.05) is 7.05 Å². The van der Waals surface area contributed by atoms with Crippen molar-refractivity contribution in [2.75, 3.05) is 31.1 Å². The van der Waals surface area contributed by atoms with E-state index < -0.39 is 0 Å². The Morgan fingerprint density at radius 1 is 1.05 bits per heavy atom. The number of aromatic nitrogens is 4. The summed E-state index contributed by atoms with van der Waals surface area (Å²) in [7, 11) is 1.82. The molecule has 1 aromatic heterocycles. The van der Waals surface area contributed by atoms with E-state index in [1.54, 1.807) is 9.36 Å². The fourth-order valence-corrected chi connectivity index (χ4v) is 2.55. The van der Waals surface area contributed by atoms with E-state index in [9.17, 15) is 0 Å². The summed E-state index contributed by atoms with van der Waals surface area (Å²) < 4.78 is 4.05. The lowest BCUT2D eigenvalue weighted by Gasteiger charge is -2.35. The first-order chi connectivity index (χ1) is 9.74. The zero-order valence-electron chi connectivity index (χ0n) is 11.5. The summed E-state index contributed by atoms with van der Waals surface area (Å²) in [4.78, 5) is 4.76. The quantitative estimate of drug-likeness (QED) is 0.793. The van der Waals surface area contributed by atoms with Gasteiger partial charge in [0.25, 0.3) is 0 Å². The van der Waals surface area contributed by atoms with Crippen LogP contribution in [0.5, 0.6) is 0 Å². The van der Waals surface area contributed by atoms with Gasteiger partial charge in [-0.15, -0.1) is 0 Å². The Kier molecular flexibility index (Phi) is 3.79. The molecule has 2 aromatic rings. The van der Waals surface area contributed by atoms with E-state index in [1.165, 1.54) is 5.69 Å². The first-order valence-electron chi connectivity index (χ1n) is 6.73. The lowest BCUT2D eigenvalue weighted by atomic mass is 10.2. The van der Waals surface area contributed by atoms with Gasteiger partial charge in [-0.1, -0.05) is 18.2 Å². The van der Waals surface area contributed by atoms with Crippen LogP contribution in [0.2, 0.25) is 0 Å². The Bertz CT molecular complexity index is 611. The molecule has 7 heteroatoms. The third kappa shape index (κ3) is 2.73. The fourth-order valence-electron chi connectivity index (χ4n) is 2.42. The molecule has 1 fully saturated rings. The zero-order valence-corrected chi connectivity index (χ0v) is 12.3. The Hall–Kier alpha value is -1.73. The van der Waals surface area contributed by atoms with Crippen molar-refractivity contribution < 1.29 is 0 Å². The smallest absolute Gasteiger partial charge is 0.216 e. The van der Waals surface area contributed by atoms with Crippen molar-refractivity contribution in [3.63, 3.8) is 0 Å². The number of nitrogens with zero attached hydrogens (tertiary/aromatic N) is 6. The van der Waals surface area contributed by atoms with Crippen LogP contribution < -0.4 is 4.90 Å². The topological polar surface area (TPSA) is 42.1 Å². The van der Waals surface area contributed by atoms with Crippen LogP contribution in [0.3, 0.4) is 0 Å². The van der Waals surface area contributed by atoms with Crippen molar-refractivity contribution in [3.8, 4) is 0 Å². The molecule has 2 heterocycles. The van der Waals surface area contributed by atoms with Gasteiger partial charge in [-0.05, 0) is 34.8 Å². The number of tetrazole rings is 1. The molecule has 0 N–H and O–H groups in total. The van der Waals surface area contributed by atoms with Gasteiger partial charge in [0.2, 0.25) is 4.77 Å². The first-order valence-corrected chi connectivity index (χ1v) is 7.14. The number of anilines is 1.